The third-order valence-corrected chi connectivity index (χ3v) is 2.82. The van der Waals surface area contributed by atoms with Crippen LogP contribution in [0.5, 0.6) is 0 Å². The molecule has 0 radical (unpaired) electrons. The fraction of sp³-hybridized carbons (Fsp3) is 0.571. The van der Waals surface area contributed by atoms with Crippen molar-refractivity contribution in [3.63, 3.8) is 0 Å². The van der Waals surface area contributed by atoms with E-state index in [1.54, 1.807) is 0 Å². The Morgan fingerprint density at radius 3 is 2.00 bits per heavy atom. The van der Waals surface area contributed by atoms with Gasteiger partial charge in [0.05, 0.1) is 0 Å². The van der Waals surface area contributed by atoms with E-state index in [4.69, 9.17) is 0 Å². The summed E-state index contributed by atoms with van der Waals surface area (Å²) < 4.78 is 0. The normalized spacial score (nSPS) is 11.3. The summed E-state index contributed by atoms with van der Waals surface area (Å²) in [7, 11) is 0. The zero-order valence-electron chi connectivity index (χ0n) is 10.8. The van der Waals surface area contributed by atoms with E-state index in [-0.39, 0.29) is 0 Å². The number of hydrazine groups is 1. The van der Waals surface area contributed by atoms with Gasteiger partial charge < -0.3 is 0 Å². The zero-order chi connectivity index (χ0) is 11.8. The van der Waals surface area contributed by atoms with Gasteiger partial charge in [0.25, 0.3) is 0 Å². The van der Waals surface area contributed by atoms with Crippen molar-refractivity contribution in [2.24, 2.45) is 0 Å². The van der Waals surface area contributed by atoms with Crippen molar-refractivity contribution in [3.05, 3.63) is 35.9 Å². The number of benzene rings is 1. The van der Waals surface area contributed by atoms with Crippen molar-refractivity contribution in [1.82, 2.24) is 10.0 Å². The molecule has 0 heterocycles. The molecular formula is C14H24N2. The van der Waals surface area contributed by atoms with Crippen molar-refractivity contribution < 1.29 is 0 Å². The van der Waals surface area contributed by atoms with Crippen molar-refractivity contribution >= 4 is 0 Å². The van der Waals surface area contributed by atoms with Gasteiger partial charge in [-0.15, -0.1) is 0 Å². The quantitative estimate of drug-likeness (QED) is 0.651. The second-order valence-corrected chi connectivity index (χ2v) is 4.01. The molecule has 0 saturated heterocycles. The van der Waals surface area contributed by atoms with Gasteiger partial charge in [-0.1, -0.05) is 51.1 Å². The van der Waals surface area contributed by atoms with Crippen LogP contribution in [0.2, 0.25) is 0 Å². The molecule has 2 heteroatoms. The van der Waals surface area contributed by atoms with Gasteiger partial charge in [-0.05, 0) is 12.0 Å². The number of rotatable bonds is 7. The Kier molecular flexibility index (Phi) is 6.12. The lowest BCUT2D eigenvalue weighted by atomic mass is 10.2. The molecule has 0 atom stereocenters. The van der Waals surface area contributed by atoms with Crippen LogP contribution in [0.1, 0.15) is 32.8 Å². The van der Waals surface area contributed by atoms with Crippen LogP contribution < -0.4 is 0 Å². The highest BCUT2D eigenvalue weighted by molar-refractivity contribution is 5.14. The molecule has 1 aromatic carbocycles. The molecule has 0 aliphatic carbocycles. The van der Waals surface area contributed by atoms with Crippen molar-refractivity contribution in [3.8, 4) is 0 Å². The van der Waals surface area contributed by atoms with E-state index in [9.17, 15) is 0 Å². The van der Waals surface area contributed by atoms with Gasteiger partial charge in [-0.3, -0.25) is 0 Å². The molecule has 0 aliphatic heterocycles. The van der Waals surface area contributed by atoms with E-state index >= 15 is 0 Å². The van der Waals surface area contributed by atoms with E-state index in [1.165, 1.54) is 12.0 Å². The van der Waals surface area contributed by atoms with E-state index < -0.39 is 0 Å². The molecular weight excluding hydrogens is 196 g/mol. The summed E-state index contributed by atoms with van der Waals surface area (Å²) in [6.07, 6.45) is 1.20. The molecule has 0 N–H and O–H groups in total. The van der Waals surface area contributed by atoms with Gasteiger partial charge in [0.15, 0.2) is 0 Å². The summed E-state index contributed by atoms with van der Waals surface area (Å²) in [6.45, 7) is 11.0. The van der Waals surface area contributed by atoms with Crippen molar-refractivity contribution in [2.75, 3.05) is 19.6 Å². The predicted octanol–water partition coefficient (Wildman–Crippen LogP) is 3.16. The Hall–Kier alpha value is -0.860. The van der Waals surface area contributed by atoms with Crippen LogP contribution in [0, 0.1) is 0 Å². The molecule has 90 valence electrons. The van der Waals surface area contributed by atoms with E-state index in [0.29, 0.717) is 0 Å². The summed E-state index contributed by atoms with van der Waals surface area (Å²) in [4.78, 5) is 0. The molecule has 0 aliphatic rings. The van der Waals surface area contributed by atoms with Gasteiger partial charge in [-0.2, -0.15) is 0 Å². The molecule has 0 amide bonds. The Balaban J connectivity index is 2.63. The lowest BCUT2D eigenvalue weighted by Crippen LogP contribution is -2.42. The maximum absolute atomic E-state index is 2.45. The van der Waals surface area contributed by atoms with Gasteiger partial charge in [-0.25, -0.2) is 10.0 Å². The summed E-state index contributed by atoms with van der Waals surface area (Å²) in [5.74, 6) is 0. The molecule has 16 heavy (non-hydrogen) atoms. The van der Waals surface area contributed by atoms with Crippen LogP contribution in [0.4, 0.5) is 0 Å². The summed E-state index contributed by atoms with van der Waals surface area (Å²) in [5.41, 5.74) is 1.39. The Labute approximate surface area is 99.8 Å². The Morgan fingerprint density at radius 1 is 0.875 bits per heavy atom. The standard InChI is InChI=1S/C14H24N2/c1-4-12-16(15(5-2)6-3)13-14-10-8-7-9-11-14/h7-11H,4-6,12-13H2,1-3H3. The van der Waals surface area contributed by atoms with Crippen LogP contribution in [0.25, 0.3) is 0 Å². The van der Waals surface area contributed by atoms with Crippen LogP contribution in [0.15, 0.2) is 30.3 Å². The van der Waals surface area contributed by atoms with E-state index in [0.717, 1.165) is 26.2 Å². The fourth-order valence-electron chi connectivity index (χ4n) is 2.00. The highest BCUT2D eigenvalue weighted by Crippen LogP contribution is 2.08. The molecule has 1 aromatic rings. The molecule has 0 aromatic heterocycles. The average molecular weight is 220 g/mol. The lowest BCUT2D eigenvalue weighted by molar-refractivity contribution is -0.0244. The summed E-state index contributed by atoms with van der Waals surface area (Å²) in [6, 6.07) is 10.7. The monoisotopic (exact) mass is 220 g/mol. The third kappa shape index (κ3) is 3.95. The van der Waals surface area contributed by atoms with Crippen LogP contribution >= 0.6 is 0 Å². The molecule has 0 spiro atoms. The zero-order valence-corrected chi connectivity index (χ0v) is 10.8. The third-order valence-electron chi connectivity index (χ3n) is 2.82. The highest BCUT2D eigenvalue weighted by atomic mass is 15.6. The van der Waals surface area contributed by atoms with Crippen LogP contribution in [-0.4, -0.2) is 29.7 Å². The highest BCUT2D eigenvalue weighted by Gasteiger charge is 2.11. The molecule has 1 rings (SSSR count). The van der Waals surface area contributed by atoms with Crippen LogP contribution in [-0.2, 0) is 6.54 Å². The van der Waals surface area contributed by atoms with Gasteiger partial charge in [0, 0.05) is 26.2 Å². The van der Waals surface area contributed by atoms with Gasteiger partial charge in [0.1, 0.15) is 0 Å². The number of hydrogen-bond donors (Lipinski definition) is 0. The minimum atomic E-state index is 1.02. The number of hydrogen-bond acceptors (Lipinski definition) is 2. The molecule has 2 nitrogen and oxygen atoms in total. The lowest BCUT2D eigenvalue weighted by Gasteiger charge is -2.33. The van der Waals surface area contributed by atoms with E-state index in [2.05, 4.69) is 61.1 Å². The fourth-order valence-corrected chi connectivity index (χ4v) is 2.00. The first kappa shape index (κ1) is 13.2. The smallest absolute Gasteiger partial charge is 0.0384 e. The topological polar surface area (TPSA) is 6.48 Å². The maximum Gasteiger partial charge on any atom is 0.0384 e. The molecule has 0 bridgehead atoms. The van der Waals surface area contributed by atoms with Crippen molar-refractivity contribution in [2.45, 2.75) is 33.7 Å². The minimum absolute atomic E-state index is 1.02. The van der Waals surface area contributed by atoms with Crippen LogP contribution in [0.3, 0.4) is 0 Å². The van der Waals surface area contributed by atoms with Gasteiger partial charge in [0.2, 0.25) is 0 Å². The Morgan fingerprint density at radius 2 is 1.50 bits per heavy atom. The molecule has 0 saturated carbocycles. The maximum atomic E-state index is 2.45. The SMILES string of the molecule is CCCN(Cc1ccccc1)N(CC)CC. The Bertz CT molecular complexity index is 267. The summed E-state index contributed by atoms with van der Waals surface area (Å²) in [5, 5.41) is 4.87. The molecule has 0 unspecified atom stereocenters. The average Bonchev–Trinajstić information content (AvgIpc) is 2.32. The van der Waals surface area contributed by atoms with Crippen molar-refractivity contribution in [1.29, 1.82) is 0 Å². The predicted molar refractivity (Wildman–Crippen MR) is 70.1 cm³/mol. The first-order valence-electron chi connectivity index (χ1n) is 6.35. The second-order valence-electron chi connectivity index (χ2n) is 4.01. The second kappa shape index (κ2) is 7.42. The first-order valence-corrected chi connectivity index (χ1v) is 6.35. The minimum Gasteiger partial charge on any atom is -0.242 e. The first-order chi connectivity index (χ1) is 7.81. The number of nitrogens with zero attached hydrogens (tertiary/aromatic N) is 2. The van der Waals surface area contributed by atoms with E-state index in [1.807, 2.05) is 0 Å². The van der Waals surface area contributed by atoms with Gasteiger partial charge >= 0.3 is 0 Å². The largest absolute Gasteiger partial charge is 0.242 e. The molecule has 0 fully saturated rings. The summed E-state index contributed by atoms with van der Waals surface area (Å²) >= 11 is 0.